The summed E-state index contributed by atoms with van der Waals surface area (Å²) in [5.41, 5.74) is 6.83. The molecule has 2 N–H and O–H groups in total. The van der Waals surface area contributed by atoms with Crippen LogP contribution in [0.25, 0.3) is 0 Å². The predicted octanol–water partition coefficient (Wildman–Crippen LogP) is 2.38. The Morgan fingerprint density at radius 2 is 1.96 bits per heavy atom. The Morgan fingerprint density at radius 1 is 1.26 bits per heavy atom. The summed E-state index contributed by atoms with van der Waals surface area (Å²) in [5, 5.41) is 0. The molecular weight excluding hydrogens is 290 g/mol. The zero-order valence-corrected chi connectivity index (χ0v) is 13.9. The maximum Gasteiger partial charge on any atom is 0.410 e. The van der Waals surface area contributed by atoms with Crippen molar-refractivity contribution < 1.29 is 9.53 Å². The summed E-state index contributed by atoms with van der Waals surface area (Å²) < 4.78 is 5.36. The van der Waals surface area contributed by atoms with Crippen molar-refractivity contribution >= 4 is 6.09 Å². The molecule has 2 aliphatic rings. The molecule has 1 aromatic carbocycles. The van der Waals surface area contributed by atoms with E-state index in [0.717, 1.165) is 44.5 Å². The number of carbonyl (C=O) groups is 1. The van der Waals surface area contributed by atoms with E-state index in [1.54, 1.807) is 0 Å². The van der Waals surface area contributed by atoms with E-state index in [2.05, 4.69) is 24.0 Å². The van der Waals surface area contributed by atoms with Crippen molar-refractivity contribution in [3.8, 4) is 0 Å². The molecule has 23 heavy (non-hydrogen) atoms. The van der Waals surface area contributed by atoms with E-state index in [9.17, 15) is 4.79 Å². The third kappa shape index (κ3) is 3.51. The molecule has 2 atom stereocenters. The minimum absolute atomic E-state index is 0.0571. The minimum atomic E-state index is -0.160. The molecule has 126 valence electrons. The monoisotopic (exact) mass is 317 g/mol. The van der Waals surface area contributed by atoms with Crippen LogP contribution < -0.4 is 5.73 Å². The Kier molecular flexibility index (Phi) is 5.18. The van der Waals surface area contributed by atoms with Crippen LogP contribution >= 0.6 is 0 Å². The van der Waals surface area contributed by atoms with E-state index in [1.807, 2.05) is 23.1 Å². The average Bonchev–Trinajstić information content (AvgIpc) is 2.97. The highest BCUT2D eigenvalue weighted by atomic mass is 16.6. The number of hydrogen-bond donors (Lipinski definition) is 1. The molecule has 1 unspecified atom stereocenters. The normalized spacial score (nSPS) is 24.7. The van der Waals surface area contributed by atoms with Crippen molar-refractivity contribution in [1.82, 2.24) is 9.80 Å². The van der Waals surface area contributed by atoms with Gasteiger partial charge in [-0.05, 0) is 38.3 Å². The van der Waals surface area contributed by atoms with Crippen LogP contribution in [0, 0.1) is 0 Å². The van der Waals surface area contributed by atoms with Crippen LogP contribution in [0.3, 0.4) is 0 Å². The highest BCUT2D eigenvalue weighted by Gasteiger charge is 2.40. The Morgan fingerprint density at radius 3 is 2.61 bits per heavy atom. The molecule has 2 aliphatic heterocycles. The van der Waals surface area contributed by atoms with E-state index in [0.29, 0.717) is 12.6 Å². The predicted molar refractivity (Wildman–Crippen MR) is 90.1 cm³/mol. The fraction of sp³-hybridized carbons (Fsp3) is 0.611. The molecule has 2 saturated heterocycles. The lowest BCUT2D eigenvalue weighted by molar-refractivity contribution is 0.0890. The van der Waals surface area contributed by atoms with Gasteiger partial charge in [-0.25, -0.2) is 4.79 Å². The Bertz CT molecular complexity index is 514. The molecule has 0 radical (unpaired) electrons. The molecule has 1 aromatic rings. The van der Waals surface area contributed by atoms with Gasteiger partial charge in [0.25, 0.3) is 0 Å². The van der Waals surface area contributed by atoms with Crippen LogP contribution in [0.15, 0.2) is 30.3 Å². The van der Waals surface area contributed by atoms with Gasteiger partial charge in [0.2, 0.25) is 0 Å². The fourth-order valence-corrected chi connectivity index (χ4v) is 3.80. The van der Waals surface area contributed by atoms with Gasteiger partial charge in [0.05, 0.1) is 6.04 Å². The third-order valence-corrected chi connectivity index (χ3v) is 5.20. The number of nitrogens with zero attached hydrogens (tertiary/aromatic N) is 2. The van der Waals surface area contributed by atoms with E-state index in [-0.39, 0.29) is 18.2 Å². The van der Waals surface area contributed by atoms with Gasteiger partial charge in [-0.1, -0.05) is 30.3 Å². The van der Waals surface area contributed by atoms with Crippen LogP contribution in [-0.2, 0) is 4.74 Å². The highest BCUT2D eigenvalue weighted by Crippen LogP contribution is 2.33. The van der Waals surface area contributed by atoms with Gasteiger partial charge < -0.3 is 15.4 Å². The summed E-state index contributed by atoms with van der Waals surface area (Å²) in [6, 6.07) is 11.1. The second kappa shape index (κ2) is 7.32. The highest BCUT2D eigenvalue weighted by molar-refractivity contribution is 5.71. The summed E-state index contributed by atoms with van der Waals surface area (Å²) in [6.07, 6.45) is 2.89. The SMILES string of the molecule is CC(CCN)N1CCC(N2C(=O)OC[C@H]2c2ccccc2)CC1. The number of amides is 1. The number of nitrogens with two attached hydrogens (primary N) is 1. The minimum Gasteiger partial charge on any atom is -0.447 e. The van der Waals surface area contributed by atoms with Crippen molar-refractivity contribution in [1.29, 1.82) is 0 Å². The smallest absolute Gasteiger partial charge is 0.410 e. The second-order valence-electron chi connectivity index (χ2n) is 6.60. The average molecular weight is 317 g/mol. The Labute approximate surface area is 138 Å². The van der Waals surface area contributed by atoms with Gasteiger partial charge >= 0.3 is 6.09 Å². The lowest BCUT2D eigenvalue weighted by atomic mass is 9.98. The molecular formula is C18H27N3O2. The summed E-state index contributed by atoms with van der Waals surface area (Å²) in [5.74, 6) is 0. The first kappa shape index (κ1) is 16.3. The van der Waals surface area contributed by atoms with E-state index < -0.39 is 0 Å². The first-order valence-corrected chi connectivity index (χ1v) is 8.65. The first-order chi connectivity index (χ1) is 11.2. The zero-order valence-electron chi connectivity index (χ0n) is 13.9. The molecule has 0 spiro atoms. The number of carbonyl (C=O) groups excluding carboxylic acids is 1. The summed E-state index contributed by atoms with van der Waals surface area (Å²) in [7, 11) is 0. The number of ether oxygens (including phenoxy) is 1. The number of rotatable bonds is 5. The summed E-state index contributed by atoms with van der Waals surface area (Å²) >= 11 is 0. The molecule has 5 heteroatoms. The lowest BCUT2D eigenvalue weighted by Gasteiger charge is -2.40. The van der Waals surface area contributed by atoms with Crippen molar-refractivity contribution in [2.75, 3.05) is 26.2 Å². The number of cyclic esters (lactones) is 1. The largest absolute Gasteiger partial charge is 0.447 e. The standard InChI is InChI=1S/C18H27N3O2/c1-14(7-10-19)20-11-8-16(9-12-20)21-17(13-23-18(21)22)15-5-3-2-4-6-15/h2-6,14,16-17H,7-13,19H2,1H3/t14?,17-/m0/s1. The molecule has 3 rings (SSSR count). The fourth-order valence-electron chi connectivity index (χ4n) is 3.80. The van der Waals surface area contributed by atoms with Crippen LogP contribution in [0.1, 0.15) is 37.8 Å². The molecule has 0 aliphatic carbocycles. The van der Waals surface area contributed by atoms with Crippen molar-refractivity contribution in [2.45, 2.75) is 44.3 Å². The Hall–Kier alpha value is -1.59. The number of benzene rings is 1. The summed E-state index contributed by atoms with van der Waals surface area (Å²) in [6.45, 7) is 5.49. The molecule has 0 aromatic heterocycles. The van der Waals surface area contributed by atoms with Crippen LogP contribution in [0.5, 0.6) is 0 Å². The van der Waals surface area contributed by atoms with Gasteiger partial charge in [0.1, 0.15) is 6.61 Å². The lowest BCUT2D eigenvalue weighted by Crippen LogP contribution is -2.48. The number of likely N-dealkylation sites (tertiary alicyclic amines) is 1. The molecule has 5 nitrogen and oxygen atoms in total. The topological polar surface area (TPSA) is 58.8 Å². The summed E-state index contributed by atoms with van der Waals surface area (Å²) in [4.78, 5) is 16.7. The molecule has 2 heterocycles. The van der Waals surface area contributed by atoms with Crippen LogP contribution in [0.4, 0.5) is 4.79 Å². The zero-order chi connectivity index (χ0) is 16.2. The van der Waals surface area contributed by atoms with Crippen LogP contribution in [-0.4, -0.2) is 54.2 Å². The van der Waals surface area contributed by atoms with Crippen LogP contribution in [0.2, 0.25) is 0 Å². The maximum absolute atomic E-state index is 12.2. The van der Waals surface area contributed by atoms with Crippen molar-refractivity contribution in [2.24, 2.45) is 5.73 Å². The molecule has 1 amide bonds. The first-order valence-electron chi connectivity index (χ1n) is 8.65. The van der Waals surface area contributed by atoms with E-state index in [4.69, 9.17) is 10.5 Å². The quantitative estimate of drug-likeness (QED) is 0.906. The Balaban J connectivity index is 1.65. The second-order valence-corrected chi connectivity index (χ2v) is 6.60. The molecule has 0 saturated carbocycles. The van der Waals surface area contributed by atoms with Gasteiger partial charge in [-0.15, -0.1) is 0 Å². The molecule has 0 bridgehead atoms. The molecule has 2 fully saturated rings. The third-order valence-electron chi connectivity index (χ3n) is 5.20. The number of piperidine rings is 1. The van der Waals surface area contributed by atoms with Crippen molar-refractivity contribution in [3.05, 3.63) is 35.9 Å². The van der Waals surface area contributed by atoms with Crippen molar-refractivity contribution in [3.63, 3.8) is 0 Å². The number of hydrogen-bond acceptors (Lipinski definition) is 4. The maximum atomic E-state index is 12.2. The van der Waals surface area contributed by atoms with Gasteiger partial charge in [0, 0.05) is 25.2 Å². The van der Waals surface area contributed by atoms with Gasteiger partial charge in [-0.2, -0.15) is 0 Å². The van der Waals surface area contributed by atoms with Gasteiger partial charge in [-0.3, -0.25) is 4.90 Å². The van der Waals surface area contributed by atoms with Gasteiger partial charge in [0.15, 0.2) is 0 Å². The van der Waals surface area contributed by atoms with E-state index in [1.165, 1.54) is 0 Å². The van der Waals surface area contributed by atoms with E-state index >= 15 is 0 Å².